The Labute approximate surface area is 141 Å². The fourth-order valence-corrected chi connectivity index (χ4v) is 2.84. The highest BCUT2D eigenvalue weighted by molar-refractivity contribution is 5.83. The molecular weight excluding hydrogens is 298 g/mol. The van der Waals surface area contributed by atoms with Crippen LogP contribution in [-0.2, 0) is 0 Å². The van der Waals surface area contributed by atoms with Crippen molar-refractivity contribution in [2.24, 2.45) is 0 Å². The summed E-state index contributed by atoms with van der Waals surface area (Å²) in [6, 6.07) is 18.0. The highest BCUT2D eigenvalue weighted by Crippen LogP contribution is 2.26. The molecule has 24 heavy (non-hydrogen) atoms. The van der Waals surface area contributed by atoms with E-state index in [0.717, 1.165) is 29.6 Å². The molecular formula is C20H19N3O. The lowest BCUT2D eigenvalue weighted by Crippen LogP contribution is -2.21. The number of hydrogen-bond donors (Lipinski definition) is 1. The summed E-state index contributed by atoms with van der Waals surface area (Å²) in [5, 5.41) is 17.6. The highest BCUT2D eigenvalue weighted by Gasteiger charge is 2.06. The Bertz CT molecular complexity index is 961. The van der Waals surface area contributed by atoms with Crippen LogP contribution in [0.3, 0.4) is 0 Å². The van der Waals surface area contributed by atoms with Crippen LogP contribution < -0.4 is 10.5 Å². The maximum Gasteiger partial charge on any atom is 0.229 e. The first-order valence-corrected chi connectivity index (χ1v) is 8.04. The first-order valence-electron chi connectivity index (χ1n) is 8.04. The van der Waals surface area contributed by atoms with Crippen LogP contribution in [0.5, 0.6) is 0 Å². The van der Waals surface area contributed by atoms with Gasteiger partial charge in [0.15, 0.2) is 0 Å². The molecule has 0 amide bonds. The third-order valence-corrected chi connectivity index (χ3v) is 4.22. The van der Waals surface area contributed by atoms with Gasteiger partial charge in [0.1, 0.15) is 17.2 Å². The Hall–Kier alpha value is -3.06. The molecule has 4 heteroatoms. The fraction of sp³-hybridized carbons (Fsp3) is 0.200. The van der Waals surface area contributed by atoms with Crippen LogP contribution in [0.1, 0.15) is 19.4 Å². The zero-order valence-electron chi connectivity index (χ0n) is 13.8. The van der Waals surface area contributed by atoms with Crippen molar-refractivity contribution in [3.05, 3.63) is 59.6 Å². The van der Waals surface area contributed by atoms with Crippen molar-refractivity contribution in [3.8, 4) is 17.2 Å². The summed E-state index contributed by atoms with van der Waals surface area (Å²) in [5.41, 5.74) is 4.10. The minimum atomic E-state index is -0.0981. The van der Waals surface area contributed by atoms with Crippen LogP contribution in [0.2, 0.25) is 0 Å². The number of hydrogen-bond acceptors (Lipinski definition) is 4. The molecule has 3 aromatic rings. The van der Waals surface area contributed by atoms with E-state index >= 15 is 0 Å². The van der Waals surface area contributed by atoms with E-state index in [9.17, 15) is 0 Å². The van der Waals surface area contributed by atoms with Gasteiger partial charge >= 0.3 is 0 Å². The first kappa shape index (κ1) is 15.8. The molecule has 0 fully saturated rings. The molecule has 0 bridgehead atoms. The van der Waals surface area contributed by atoms with Gasteiger partial charge in [0.25, 0.3) is 0 Å². The number of benzene rings is 2. The number of anilines is 1. The molecule has 1 heterocycles. The maximum atomic E-state index is 8.99. The minimum Gasteiger partial charge on any atom is -0.438 e. The average Bonchev–Trinajstić information content (AvgIpc) is 2.62. The maximum absolute atomic E-state index is 8.99. The van der Waals surface area contributed by atoms with E-state index in [4.69, 9.17) is 15.1 Å². The van der Waals surface area contributed by atoms with Gasteiger partial charge in [-0.05, 0) is 49.2 Å². The van der Waals surface area contributed by atoms with Gasteiger partial charge in [-0.25, -0.2) is 0 Å². The summed E-state index contributed by atoms with van der Waals surface area (Å²) in [5.74, 6) is 0. The number of nitriles is 1. The van der Waals surface area contributed by atoms with Gasteiger partial charge in [-0.15, -0.1) is 0 Å². The van der Waals surface area contributed by atoms with Gasteiger partial charge in [-0.1, -0.05) is 24.3 Å². The van der Waals surface area contributed by atoms with E-state index < -0.39 is 0 Å². The molecule has 0 spiro atoms. The van der Waals surface area contributed by atoms with Crippen molar-refractivity contribution in [2.45, 2.75) is 13.8 Å². The molecule has 120 valence electrons. The number of nitrogens with zero attached hydrogens (tertiary/aromatic N) is 2. The SMILES string of the molecule is CCN(CC)c1ccc(-c2ccc3cc(C#N)c(=N)oc3c2)cc1. The summed E-state index contributed by atoms with van der Waals surface area (Å²) < 4.78 is 5.48. The molecule has 0 radical (unpaired) electrons. The predicted octanol–water partition coefficient (Wildman–Crippen LogP) is 4.30. The smallest absolute Gasteiger partial charge is 0.229 e. The Morgan fingerprint density at radius 2 is 1.67 bits per heavy atom. The van der Waals surface area contributed by atoms with Gasteiger partial charge in [0, 0.05) is 24.2 Å². The Kier molecular flexibility index (Phi) is 4.35. The van der Waals surface area contributed by atoms with Gasteiger partial charge in [-0.3, -0.25) is 5.41 Å². The average molecular weight is 317 g/mol. The van der Waals surface area contributed by atoms with Gasteiger partial charge < -0.3 is 9.32 Å². The lowest BCUT2D eigenvalue weighted by atomic mass is 10.0. The van der Waals surface area contributed by atoms with Gasteiger partial charge in [-0.2, -0.15) is 5.26 Å². The summed E-state index contributed by atoms with van der Waals surface area (Å²) in [4.78, 5) is 2.30. The summed E-state index contributed by atoms with van der Waals surface area (Å²) >= 11 is 0. The second-order valence-corrected chi connectivity index (χ2v) is 5.57. The minimum absolute atomic E-state index is 0.0981. The molecule has 0 aliphatic rings. The lowest BCUT2D eigenvalue weighted by molar-refractivity contribution is 0.531. The Balaban J connectivity index is 2.00. The van der Waals surface area contributed by atoms with Crippen LogP contribution in [0.15, 0.2) is 52.9 Å². The van der Waals surface area contributed by atoms with Crippen LogP contribution in [0, 0.1) is 16.7 Å². The summed E-state index contributed by atoms with van der Waals surface area (Å²) in [7, 11) is 0. The van der Waals surface area contributed by atoms with E-state index in [-0.39, 0.29) is 11.1 Å². The second kappa shape index (κ2) is 6.59. The zero-order valence-corrected chi connectivity index (χ0v) is 13.8. The molecule has 0 unspecified atom stereocenters. The summed E-state index contributed by atoms with van der Waals surface area (Å²) in [6.07, 6.45) is 0. The topological polar surface area (TPSA) is 64.0 Å². The van der Waals surface area contributed by atoms with Crippen LogP contribution in [0.25, 0.3) is 22.1 Å². The number of nitrogens with one attached hydrogen (secondary N) is 1. The first-order chi connectivity index (χ1) is 11.7. The molecule has 1 N–H and O–H groups in total. The molecule has 3 rings (SSSR count). The Morgan fingerprint density at radius 1 is 1.00 bits per heavy atom. The number of fused-ring (bicyclic) bond motifs is 1. The molecule has 4 nitrogen and oxygen atoms in total. The van der Waals surface area contributed by atoms with Crippen molar-refractivity contribution >= 4 is 16.7 Å². The predicted molar refractivity (Wildman–Crippen MR) is 95.8 cm³/mol. The van der Waals surface area contributed by atoms with E-state index in [1.807, 2.05) is 24.3 Å². The van der Waals surface area contributed by atoms with Crippen molar-refractivity contribution in [1.82, 2.24) is 0 Å². The van der Waals surface area contributed by atoms with Crippen LogP contribution >= 0.6 is 0 Å². The zero-order chi connectivity index (χ0) is 17.1. The summed E-state index contributed by atoms with van der Waals surface area (Å²) in [6.45, 7) is 6.27. The van der Waals surface area contributed by atoms with E-state index in [1.54, 1.807) is 6.07 Å². The third kappa shape index (κ3) is 2.89. The molecule has 0 saturated heterocycles. The molecule has 0 aliphatic heterocycles. The molecule has 0 saturated carbocycles. The monoisotopic (exact) mass is 317 g/mol. The van der Waals surface area contributed by atoms with Gasteiger partial charge in [0.05, 0.1) is 0 Å². The largest absolute Gasteiger partial charge is 0.438 e. The third-order valence-electron chi connectivity index (χ3n) is 4.22. The fourth-order valence-electron chi connectivity index (χ4n) is 2.84. The standard InChI is InChI=1S/C20H19N3O/c1-3-23(4-2)18-9-7-14(8-10-18)15-5-6-16-11-17(13-21)20(22)24-19(16)12-15/h5-12,22H,3-4H2,1-2H3. The van der Waals surface area contributed by atoms with E-state index in [1.165, 1.54) is 5.69 Å². The van der Waals surface area contributed by atoms with Gasteiger partial charge in [0.2, 0.25) is 5.55 Å². The lowest BCUT2D eigenvalue weighted by Gasteiger charge is -2.21. The molecule has 2 aromatic carbocycles. The molecule has 0 atom stereocenters. The van der Waals surface area contributed by atoms with E-state index in [0.29, 0.717) is 5.58 Å². The van der Waals surface area contributed by atoms with Crippen molar-refractivity contribution in [2.75, 3.05) is 18.0 Å². The van der Waals surface area contributed by atoms with Crippen LogP contribution in [-0.4, -0.2) is 13.1 Å². The number of rotatable bonds is 4. The molecule has 0 aliphatic carbocycles. The van der Waals surface area contributed by atoms with Crippen molar-refractivity contribution in [1.29, 1.82) is 10.7 Å². The van der Waals surface area contributed by atoms with Crippen LogP contribution in [0.4, 0.5) is 5.69 Å². The van der Waals surface area contributed by atoms with Crippen molar-refractivity contribution < 1.29 is 4.42 Å². The molecule has 1 aromatic heterocycles. The Morgan fingerprint density at radius 3 is 2.29 bits per heavy atom. The van der Waals surface area contributed by atoms with Crippen molar-refractivity contribution in [3.63, 3.8) is 0 Å². The highest BCUT2D eigenvalue weighted by atomic mass is 16.3. The second-order valence-electron chi connectivity index (χ2n) is 5.57. The quantitative estimate of drug-likeness (QED) is 0.780. The normalized spacial score (nSPS) is 10.5. The van der Waals surface area contributed by atoms with E-state index in [2.05, 4.69) is 43.0 Å².